The molecule has 0 bridgehead atoms. The Labute approximate surface area is 72.9 Å². The second-order valence-electron chi connectivity index (χ2n) is 2.47. The quantitative estimate of drug-likeness (QED) is 0.379. The topological polar surface area (TPSA) is 52.3 Å². The number of allylic oxidation sites excluding steroid dienone is 1. The first-order chi connectivity index (χ1) is 5.72. The fourth-order valence-corrected chi connectivity index (χ4v) is 0.811. The smallest absolute Gasteiger partial charge is 0.322 e. The van der Waals surface area contributed by atoms with Crippen LogP contribution in [0.5, 0.6) is 0 Å². The lowest BCUT2D eigenvalue weighted by atomic mass is 10.1. The first kappa shape index (κ1) is 11.0. The molecule has 68 valence electrons. The zero-order valence-electron chi connectivity index (χ0n) is 7.38. The van der Waals surface area contributed by atoms with E-state index in [0.29, 0.717) is 6.42 Å². The number of hydrogen-bond acceptors (Lipinski definition) is 3. The van der Waals surface area contributed by atoms with Crippen molar-refractivity contribution in [1.82, 2.24) is 0 Å². The molecule has 0 saturated heterocycles. The summed E-state index contributed by atoms with van der Waals surface area (Å²) >= 11 is 0. The van der Waals surface area contributed by atoms with Gasteiger partial charge in [0.1, 0.15) is 6.04 Å². The van der Waals surface area contributed by atoms with Gasteiger partial charge in [-0.1, -0.05) is 6.58 Å². The third kappa shape index (κ3) is 4.72. The molecule has 0 aromatic rings. The van der Waals surface area contributed by atoms with Crippen LogP contribution < -0.4 is 5.73 Å². The Morgan fingerprint density at radius 2 is 2.50 bits per heavy atom. The number of carbonyl (C=O) groups excluding carboxylic acids is 1. The summed E-state index contributed by atoms with van der Waals surface area (Å²) < 4.78 is 4.47. The Morgan fingerprint density at radius 1 is 1.83 bits per heavy atom. The maximum absolute atomic E-state index is 10.8. The van der Waals surface area contributed by atoms with Crippen LogP contribution >= 0.6 is 0 Å². The van der Waals surface area contributed by atoms with Gasteiger partial charge in [0.05, 0.1) is 7.11 Å². The number of hydrogen-bond donors (Lipinski definition) is 1. The summed E-state index contributed by atoms with van der Waals surface area (Å²) in [6.07, 6.45) is 4.18. The molecule has 0 unspecified atom stereocenters. The van der Waals surface area contributed by atoms with Gasteiger partial charge in [-0.15, -0.1) is 5.73 Å². The summed E-state index contributed by atoms with van der Waals surface area (Å²) in [4.78, 5) is 10.8. The number of methoxy groups -OCH3 is 1. The molecule has 0 heterocycles. The molecule has 0 fully saturated rings. The molecule has 12 heavy (non-hydrogen) atoms. The van der Waals surface area contributed by atoms with E-state index in [9.17, 15) is 4.79 Å². The van der Waals surface area contributed by atoms with Crippen LogP contribution in [-0.2, 0) is 9.53 Å². The van der Waals surface area contributed by atoms with Crippen LogP contribution in [0.4, 0.5) is 0 Å². The fraction of sp³-hybridized carbons (Fsp3) is 0.556. The molecule has 2 N–H and O–H groups in total. The number of ether oxygens (including phenoxy) is 1. The molecule has 0 saturated carbocycles. The van der Waals surface area contributed by atoms with Gasteiger partial charge in [0, 0.05) is 0 Å². The SMILES string of the molecule is C=C=CCCC[C@H](N)C(=O)OC. The van der Waals surface area contributed by atoms with Gasteiger partial charge >= 0.3 is 5.97 Å². The lowest BCUT2D eigenvalue weighted by molar-refractivity contribution is -0.142. The second kappa shape index (κ2) is 6.65. The van der Waals surface area contributed by atoms with E-state index in [2.05, 4.69) is 17.0 Å². The van der Waals surface area contributed by atoms with Crippen molar-refractivity contribution >= 4 is 5.97 Å². The Balaban J connectivity index is 3.49. The molecule has 0 spiro atoms. The van der Waals surface area contributed by atoms with Gasteiger partial charge in [-0.25, -0.2) is 0 Å². The predicted molar refractivity (Wildman–Crippen MR) is 47.6 cm³/mol. The summed E-state index contributed by atoms with van der Waals surface area (Å²) in [5.74, 6) is -0.349. The van der Waals surface area contributed by atoms with Crippen molar-refractivity contribution in [3.8, 4) is 0 Å². The molecule has 0 aromatic heterocycles. The maximum atomic E-state index is 10.8. The highest BCUT2D eigenvalue weighted by atomic mass is 16.5. The minimum absolute atomic E-state index is 0.349. The molecule has 0 aliphatic heterocycles. The first-order valence-corrected chi connectivity index (χ1v) is 3.90. The second-order valence-corrected chi connectivity index (χ2v) is 2.47. The number of nitrogens with two attached hydrogens (primary N) is 1. The summed E-state index contributed by atoms with van der Waals surface area (Å²) in [6, 6.07) is -0.492. The zero-order valence-corrected chi connectivity index (χ0v) is 7.38. The van der Waals surface area contributed by atoms with Crippen LogP contribution in [-0.4, -0.2) is 19.1 Å². The molecule has 1 atom stereocenters. The summed E-state index contributed by atoms with van der Waals surface area (Å²) in [6.45, 7) is 3.43. The van der Waals surface area contributed by atoms with Crippen molar-refractivity contribution in [2.45, 2.75) is 25.3 Å². The molecule has 0 aromatic carbocycles. The number of esters is 1. The molecule has 0 rings (SSSR count). The highest BCUT2D eigenvalue weighted by Crippen LogP contribution is 2.00. The number of unbranched alkanes of at least 4 members (excludes halogenated alkanes) is 1. The Kier molecular flexibility index (Phi) is 6.07. The van der Waals surface area contributed by atoms with Gasteiger partial charge in [0.25, 0.3) is 0 Å². The van der Waals surface area contributed by atoms with E-state index >= 15 is 0 Å². The van der Waals surface area contributed by atoms with Gasteiger partial charge in [-0.2, -0.15) is 0 Å². The normalized spacial score (nSPS) is 11.5. The minimum atomic E-state index is -0.492. The summed E-state index contributed by atoms with van der Waals surface area (Å²) in [5, 5.41) is 0. The van der Waals surface area contributed by atoms with E-state index in [1.54, 1.807) is 0 Å². The number of rotatable bonds is 5. The predicted octanol–water partition coefficient (Wildman–Crippen LogP) is 0.998. The van der Waals surface area contributed by atoms with Crippen molar-refractivity contribution in [1.29, 1.82) is 0 Å². The van der Waals surface area contributed by atoms with Crippen LogP contribution in [0, 0.1) is 0 Å². The highest BCUT2D eigenvalue weighted by molar-refractivity contribution is 5.75. The summed E-state index contributed by atoms with van der Waals surface area (Å²) in [7, 11) is 1.34. The molecule has 3 heteroatoms. The zero-order chi connectivity index (χ0) is 9.40. The van der Waals surface area contributed by atoms with E-state index in [1.807, 2.05) is 6.08 Å². The lowest BCUT2D eigenvalue weighted by Crippen LogP contribution is -2.31. The lowest BCUT2D eigenvalue weighted by Gasteiger charge is -2.06. The highest BCUT2D eigenvalue weighted by Gasteiger charge is 2.11. The van der Waals surface area contributed by atoms with E-state index < -0.39 is 6.04 Å². The van der Waals surface area contributed by atoms with Crippen LogP contribution in [0.15, 0.2) is 18.4 Å². The van der Waals surface area contributed by atoms with Gasteiger partial charge in [0.15, 0.2) is 0 Å². The fourth-order valence-electron chi connectivity index (χ4n) is 0.811. The van der Waals surface area contributed by atoms with Crippen molar-refractivity contribution in [3.63, 3.8) is 0 Å². The third-order valence-corrected chi connectivity index (χ3v) is 1.51. The molecule has 3 nitrogen and oxygen atoms in total. The van der Waals surface area contributed by atoms with Crippen molar-refractivity contribution in [3.05, 3.63) is 18.4 Å². The molecule has 0 aliphatic carbocycles. The Hall–Kier alpha value is -1.05. The van der Waals surface area contributed by atoms with Gasteiger partial charge in [-0.05, 0) is 25.3 Å². The van der Waals surface area contributed by atoms with Crippen molar-refractivity contribution in [2.75, 3.05) is 7.11 Å². The monoisotopic (exact) mass is 169 g/mol. The van der Waals surface area contributed by atoms with E-state index in [4.69, 9.17) is 5.73 Å². The largest absolute Gasteiger partial charge is 0.468 e. The van der Waals surface area contributed by atoms with E-state index in [0.717, 1.165) is 12.8 Å². The average Bonchev–Trinajstić information content (AvgIpc) is 2.10. The van der Waals surface area contributed by atoms with Crippen molar-refractivity contribution < 1.29 is 9.53 Å². The standard InChI is InChI=1S/C9H15NO2/c1-3-4-5-6-7-8(10)9(11)12-2/h4,8H,1,5-7,10H2,2H3/t8-/m0/s1. The van der Waals surface area contributed by atoms with E-state index in [1.165, 1.54) is 7.11 Å². The van der Waals surface area contributed by atoms with Crippen LogP contribution in [0.25, 0.3) is 0 Å². The molecule has 0 amide bonds. The van der Waals surface area contributed by atoms with Crippen LogP contribution in [0.2, 0.25) is 0 Å². The van der Waals surface area contributed by atoms with Gasteiger partial charge in [-0.3, -0.25) is 4.79 Å². The van der Waals surface area contributed by atoms with Crippen LogP contribution in [0.3, 0.4) is 0 Å². The Morgan fingerprint density at radius 3 is 3.00 bits per heavy atom. The minimum Gasteiger partial charge on any atom is -0.468 e. The van der Waals surface area contributed by atoms with Gasteiger partial charge in [0.2, 0.25) is 0 Å². The van der Waals surface area contributed by atoms with Crippen molar-refractivity contribution in [2.24, 2.45) is 5.73 Å². The molecular weight excluding hydrogens is 154 g/mol. The maximum Gasteiger partial charge on any atom is 0.322 e. The molecular formula is C9H15NO2. The third-order valence-electron chi connectivity index (χ3n) is 1.51. The van der Waals surface area contributed by atoms with Crippen LogP contribution in [0.1, 0.15) is 19.3 Å². The first-order valence-electron chi connectivity index (χ1n) is 3.90. The summed E-state index contributed by atoms with van der Waals surface area (Å²) in [5.41, 5.74) is 8.14. The Bertz CT molecular complexity index is 183. The number of carbonyl (C=O) groups is 1. The molecule has 0 aliphatic rings. The van der Waals surface area contributed by atoms with Gasteiger partial charge < -0.3 is 10.5 Å². The molecule has 0 radical (unpaired) electrons. The van der Waals surface area contributed by atoms with E-state index in [-0.39, 0.29) is 5.97 Å². The average molecular weight is 169 g/mol.